The van der Waals surface area contributed by atoms with Crippen LogP contribution in [0.3, 0.4) is 0 Å². The van der Waals surface area contributed by atoms with Crippen molar-refractivity contribution in [3.05, 3.63) is 23.5 Å². The molecule has 1 aromatic heterocycles. The molecule has 1 heterocycles. The van der Waals surface area contributed by atoms with E-state index in [1.165, 1.54) is 6.20 Å². The molecule has 106 valence electrons. The number of carbonyl (C=O) groups is 1. The molecule has 1 amide bonds. The van der Waals surface area contributed by atoms with Crippen LogP contribution in [0.2, 0.25) is 0 Å². The van der Waals surface area contributed by atoms with E-state index in [1.807, 2.05) is 0 Å². The fraction of sp³-hybridized carbons (Fsp3) is 0.455. The number of aryl methyl sites for hydroxylation is 1. The van der Waals surface area contributed by atoms with E-state index in [-0.39, 0.29) is 18.5 Å². The van der Waals surface area contributed by atoms with E-state index < -0.39 is 18.5 Å². The Balaban J connectivity index is 2.54. The number of nitrogens with two attached hydrogens (primary N) is 1. The SMILES string of the molecule is Cc1cc(NN)c(C(=O)NCCCC(F)(F)F)cn1. The minimum absolute atomic E-state index is 0.0593. The number of anilines is 1. The Hall–Kier alpha value is -1.83. The van der Waals surface area contributed by atoms with Crippen LogP contribution in [0.1, 0.15) is 28.9 Å². The van der Waals surface area contributed by atoms with Gasteiger partial charge in [-0.05, 0) is 19.4 Å². The summed E-state index contributed by atoms with van der Waals surface area (Å²) in [6, 6.07) is 1.57. The number of carbonyl (C=O) groups excluding carboxylic acids is 1. The van der Waals surface area contributed by atoms with Crippen LogP contribution in [0.25, 0.3) is 0 Å². The number of nitrogens with zero attached hydrogens (tertiary/aromatic N) is 1. The summed E-state index contributed by atoms with van der Waals surface area (Å²) in [7, 11) is 0. The number of pyridine rings is 1. The molecule has 0 fully saturated rings. The number of aromatic nitrogens is 1. The van der Waals surface area contributed by atoms with E-state index in [2.05, 4.69) is 15.7 Å². The summed E-state index contributed by atoms with van der Waals surface area (Å²) in [5.74, 6) is 4.75. The van der Waals surface area contributed by atoms with Gasteiger partial charge in [-0.15, -0.1) is 0 Å². The Morgan fingerprint density at radius 2 is 2.16 bits per heavy atom. The first-order chi connectivity index (χ1) is 8.83. The summed E-state index contributed by atoms with van der Waals surface area (Å²) in [5, 5.41) is 2.39. The van der Waals surface area contributed by atoms with Crippen molar-refractivity contribution in [2.45, 2.75) is 25.9 Å². The third-order valence-electron chi connectivity index (χ3n) is 2.36. The number of nitrogens with one attached hydrogen (secondary N) is 2. The number of hydrogen-bond donors (Lipinski definition) is 3. The maximum Gasteiger partial charge on any atom is 0.389 e. The molecule has 0 aliphatic rings. The zero-order valence-electron chi connectivity index (χ0n) is 10.3. The topological polar surface area (TPSA) is 80.0 Å². The van der Waals surface area contributed by atoms with Gasteiger partial charge in [0, 0.05) is 24.9 Å². The molecule has 1 aromatic rings. The zero-order chi connectivity index (χ0) is 14.5. The lowest BCUT2D eigenvalue weighted by atomic mass is 10.2. The first kappa shape index (κ1) is 15.2. The predicted octanol–water partition coefficient (Wildman–Crippen LogP) is 1.75. The van der Waals surface area contributed by atoms with Gasteiger partial charge in [-0.2, -0.15) is 13.2 Å². The smallest absolute Gasteiger partial charge is 0.352 e. The molecule has 0 saturated carbocycles. The fourth-order valence-corrected chi connectivity index (χ4v) is 1.45. The summed E-state index contributed by atoms with van der Waals surface area (Å²) in [4.78, 5) is 15.7. The summed E-state index contributed by atoms with van der Waals surface area (Å²) < 4.78 is 35.8. The van der Waals surface area contributed by atoms with Crippen LogP contribution < -0.4 is 16.6 Å². The van der Waals surface area contributed by atoms with Crippen molar-refractivity contribution in [2.75, 3.05) is 12.0 Å². The molecule has 0 bridgehead atoms. The molecule has 0 saturated heterocycles. The molecule has 0 unspecified atom stereocenters. The van der Waals surface area contributed by atoms with Gasteiger partial charge in [0.15, 0.2) is 0 Å². The molecule has 0 aliphatic carbocycles. The maximum atomic E-state index is 11.9. The monoisotopic (exact) mass is 276 g/mol. The van der Waals surface area contributed by atoms with Gasteiger partial charge in [0.1, 0.15) is 0 Å². The largest absolute Gasteiger partial charge is 0.389 e. The van der Waals surface area contributed by atoms with Gasteiger partial charge >= 0.3 is 6.18 Å². The Bertz CT molecular complexity index is 448. The molecule has 5 nitrogen and oxygen atoms in total. The highest BCUT2D eigenvalue weighted by Gasteiger charge is 2.26. The predicted molar refractivity (Wildman–Crippen MR) is 64.4 cm³/mol. The third-order valence-corrected chi connectivity index (χ3v) is 2.36. The van der Waals surface area contributed by atoms with E-state index in [4.69, 9.17) is 5.84 Å². The van der Waals surface area contributed by atoms with Gasteiger partial charge < -0.3 is 10.7 Å². The second-order valence-electron chi connectivity index (χ2n) is 3.99. The number of nitrogen functional groups attached to an aromatic ring is 1. The zero-order valence-corrected chi connectivity index (χ0v) is 10.3. The van der Waals surface area contributed by atoms with Gasteiger partial charge in [-0.25, -0.2) is 0 Å². The van der Waals surface area contributed by atoms with Gasteiger partial charge in [0.05, 0.1) is 11.3 Å². The average Bonchev–Trinajstić information content (AvgIpc) is 2.33. The minimum Gasteiger partial charge on any atom is -0.352 e. The molecule has 19 heavy (non-hydrogen) atoms. The molecule has 0 aliphatic heterocycles. The highest BCUT2D eigenvalue weighted by molar-refractivity contribution is 5.99. The number of alkyl halides is 3. The maximum absolute atomic E-state index is 11.9. The number of amides is 1. The van der Waals surface area contributed by atoms with Crippen LogP contribution in [0.15, 0.2) is 12.3 Å². The molecule has 0 radical (unpaired) electrons. The molecule has 8 heteroatoms. The van der Waals surface area contributed by atoms with Crippen molar-refractivity contribution in [2.24, 2.45) is 5.84 Å². The number of rotatable bonds is 5. The lowest BCUT2D eigenvalue weighted by molar-refractivity contribution is -0.135. The molecular weight excluding hydrogens is 261 g/mol. The quantitative estimate of drug-likeness (QED) is 0.435. The molecular formula is C11H15F3N4O. The Morgan fingerprint density at radius 3 is 2.74 bits per heavy atom. The van der Waals surface area contributed by atoms with Crippen molar-refractivity contribution < 1.29 is 18.0 Å². The highest BCUT2D eigenvalue weighted by Crippen LogP contribution is 2.20. The van der Waals surface area contributed by atoms with Crippen LogP contribution in [0.4, 0.5) is 18.9 Å². The molecule has 1 rings (SSSR count). The third kappa shape index (κ3) is 5.12. The molecule has 0 atom stereocenters. The van der Waals surface area contributed by atoms with E-state index >= 15 is 0 Å². The average molecular weight is 276 g/mol. The normalized spacial score (nSPS) is 11.2. The summed E-state index contributed by atoms with van der Waals surface area (Å²) in [5.41, 5.74) is 3.59. The standard InChI is InChI=1S/C11H15F3N4O/c1-7-5-9(18-15)8(6-17-7)10(19)16-4-2-3-11(12,13)14/h5-6H,2-4,15H2,1H3,(H,16,19)(H,17,18). The van der Waals surface area contributed by atoms with Crippen molar-refractivity contribution in [1.29, 1.82) is 0 Å². The molecule has 4 N–H and O–H groups in total. The Labute approximate surface area is 108 Å². The van der Waals surface area contributed by atoms with Gasteiger partial charge in [-0.1, -0.05) is 0 Å². The first-order valence-electron chi connectivity index (χ1n) is 5.61. The summed E-state index contributed by atoms with van der Waals surface area (Å²) >= 11 is 0. The minimum atomic E-state index is -4.21. The van der Waals surface area contributed by atoms with E-state index in [0.717, 1.165) is 0 Å². The molecule has 0 spiro atoms. The van der Waals surface area contributed by atoms with E-state index in [0.29, 0.717) is 11.4 Å². The lowest BCUT2D eigenvalue weighted by Gasteiger charge is -2.10. The van der Waals surface area contributed by atoms with Crippen LogP contribution >= 0.6 is 0 Å². The number of hydrogen-bond acceptors (Lipinski definition) is 4. The Kier molecular flexibility index (Phi) is 5.11. The highest BCUT2D eigenvalue weighted by atomic mass is 19.4. The van der Waals surface area contributed by atoms with Crippen molar-refractivity contribution in [1.82, 2.24) is 10.3 Å². The van der Waals surface area contributed by atoms with Crippen molar-refractivity contribution in [3.63, 3.8) is 0 Å². The van der Waals surface area contributed by atoms with Crippen LogP contribution in [0.5, 0.6) is 0 Å². The van der Waals surface area contributed by atoms with E-state index in [9.17, 15) is 18.0 Å². The summed E-state index contributed by atoms with van der Waals surface area (Å²) in [6.45, 7) is 1.67. The van der Waals surface area contributed by atoms with Crippen molar-refractivity contribution >= 4 is 11.6 Å². The lowest BCUT2D eigenvalue weighted by Crippen LogP contribution is -2.27. The molecule has 0 aromatic carbocycles. The van der Waals surface area contributed by atoms with Crippen molar-refractivity contribution in [3.8, 4) is 0 Å². The number of halogens is 3. The van der Waals surface area contributed by atoms with Gasteiger partial charge in [0.25, 0.3) is 5.91 Å². The van der Waals surface area contributed by atoms with Crippen LogP contribution in [0, 0.1) is 6.92 Å². The number of hydrazine groups is 1. The van der Waals surface area contributed by atoms with Crippen LogP contribution in [-0.2, 0) is 0 Å². The van der Waals surface area contributed by atoms with E-state index in [1.54, 1.807) is 13.0 Å². The van der Waals surface area contributed by atoms with Gasteiger partial charge in [-0.3, -0.25) is 15.6 Å². The van der Waals surface area contributed by atoms with Crippen LogP contribution in [-0.4, -0.2) is 23.6 Å². The second kappa shape index (κ2) is 6.37. The Morgan fingerprint density at radius 1 is 1.47 bits per heavy atom. The summed E-state index contributed by atoms with van der Waals surface area (Å²) in [6.07, 6.45) is -3.98. The fourth-order valence-electron chi connectivity index (χ4n) is 1.45. The van der Waals surface area contributed by atoms with Gasteiger partial charge in [0.2, 0.25) is 0 Å². The first-order valence-corrected chi connectivity index (χ1v) is 5.61. The second-order valence-corrected chi connectivity index (χ2v) is 3.99.